The molecule has 6 aromatic rings. The molecule has 2 nitrogen and oxygen atoms in total. The van der Waals surface area contributed by atoms with Crippen LogP contribution in [0.3, 0.4) is 0 Å². The van der Waals surface area contributed by atoms with Gasteiger partial charge in [0.1, 0.15) is 0 Å². The van der Waals surface area contributed by atoms with E-state index in [9.17, 15) is 0 Å². The molecule has 0 radical (unpaired) electrons. The van der Waals surface area contributed by atoms with Crippen LogP contribution in [0.1, 0.15) is 22.3 Å². The zero-order valence-electron chi connectivity index (χ0n) is 26.7. The van der Waals surface area contributed by atoms with Gasteiger partial charge in [0.2, 0.25) is 0 Å². The Morgan fingerprint density at radius 1 is 0.465 bits per heavy atom. The van der Waals surface area contributed by atoms with Crippen LogP contribution >= 0.6 is 7.92 Å². The van der Waals surface area contributed by atoms with Gasteiger partial charge in [-0.05, 0) is 131 Å². The van der Waals surface area contributed by atoms with E-state index in [1.165, 1.54) is 82.2 Å². The van der Waals surface area contributed by atoms with E-state index < -0.39 is 7.92 Å². The first-order valence-corrected chi connectivity index (χ1v) is 16.4. The quantitative estimate of drug-likeness (QED) is 0.182. The molecule has 0 aromatic heterocycles. The van der Waals surface area contributed by atoms with Crippen molar-refractivity contribution in [2.24, 2.45) is 0 Å². The number of rotatable bonds is 6. The Bertz CT molecular complexity index is 1870. The van der Waals surface area contributed by atoms with Gasteiger partial charge >= 0.3 is 0 Å². The van der Waals surface area contributed by atoms with E-state index in [0.717, 1.165) is 0 Å². The molecule has 0 atom stereocenters. The lowest BCUT2D eigenvalue weighted by Gasteiger charge is -2.28. The molecule has 0 amide bonds. The fraction of sp³-hybridized carbons (Fsp3) is 0.200. The fourth-order valence-corrected chi connectivity index (χ4v) is 9.97. The maximum atomic E-state index is 2.45. The Balaban J connectivity index is 1.74. The summed E-state index contributed by atoms with van der Waals surface area (Å²) in [5.41, 5.74) is 10.5. The van der Waals surface area contributed by atoms with Crippen molar-refractivity contribution in [1.82, 2.24) is 0 Å². The first-order valence-electron chi connectivity index (χ1n) is 15.0. The number of fused-ring (bicyclic) bond motifs is 2. The van der Waals surface area contributed by atoms with E-state index in [1.807, 2.05) is 0 Å². The van der Waals surface area contributed by atoms with Crippen LogP contribution < -0.4 is 25.7 Å². The SMILES string of the molecule is Cc1cc(P(c2cc(C)c(N(C)C)c(C)c2)c2ccc3ccccc3c2-c2cccc3ccccc23)cc(C)c1N(C)C. The normalized spacial score (nSPS) is 11.5. The Morgan fingerprint density at radius 2 is 0.907 bits per heavy atom. The van der Waals surface area contributed by atoms with Crippen LogP contribution in [0, 0.1) is 27.7 Å². The molecular formula is C40H41N2P. The maximum Gasteiger partial charge on any atom is 0.0420 e. The van der Waals surface area contributed by atoms with Gasteiger partial charge in [-0.3, -0.25) is 0 Å². The minimum absolute atomic E-state index is 0.884. The van der Waals surface area contributed by atoms with Crippen LogP contribution in [0.5, 0.6) is 0 Å². The fourth-order valence-electron chi connectivity index (χ4n) is 7.14. The predicted molar refractivity (Wildman–Crippen MR) is 193 cm³/mol. The molecule has 0 saturated heterocycles. The number of hydrogen-bond acceptors (Lipinski definition) is 2. The van der Waals surface area contributed by atoms with Crippen LogP contribution in [0.15, 0.2) is 103 Å². The number of anilines is 2. The van der Waals surface area contributed by atoms with Crippen LogP contribution in [0.25, 0.3) is 32.7 Å². The third-order valence-electron chi connectivity index (χ3n) is 8.57. The molecular weight excluding hydrogens is 539 g/mol. The molecule has 43 heavy (non-hydrogen) atoms. The molecule has 6 aromatic carbocycles. The van der Waals surface area contributed by atoms with Gasteiger partial charge in [0, 0.05) is 39.6 Å². The molecule has 0 heterocycles. The van der Waals surface area contributed by atoms with Crippen molar-refractivity contribution in [3.05, 3.63) is 125 Å². The molecule has 0 spiro atoms. The van der Waals surface area contributed by atoms with Crippen molar-refractivity contribution >= 4 is 56.8 Å². The second kappa shape index (κ2) is 11.5. The number of benzene rings is 6. The molecule has 0 aliphatic rings. The highest BCUT2D eigenvalue weighted by Crippen LogP contribution is 2.44. The molecule has 0 bridgehead atoms. The van der Waals surface area contributed by atoms with Crippen LogP contribution in [0.2, 0.25) is 0 Å². The second-order valence-electron chi connectivity index (χ2n) is 12.2. The minimum Gasteiger partial charge on any atom is -0.377 e. The summed E-state index contributed by atoms with van der Waals surface area (Å²) in [4.78, 5) is 4.49. The van der Waals surface area contributed by atoms with E-state index in [1.54, 1.807) is 0 Å². The number of hydrogen-bond donors (Lipinski definition) is 0. The third kappa shape index (κ3) is 5.19. The van der Waals surface area contributed by atoms with Crippen LogP contribution in [-0.2, 0) is 0 Å². The summed E-state index contributed by atoms with van der Waals surface area (Å²) >= 11 is 0. The van der Waals surface area contributed by atoms with E-state index in [0.29, 0.717) is 0 Å². The summed E-state index contributed by atoms with van der Waals surface area (Å²) in [5.74, 6) is 0. The van der Waals surface area contributed by atoms with Gasteiger partial charge < -0.3 is 9.80 Å². The lowest BCUT2D eigenvalue weighted by molar-refractivity contribution is 1.10. The molecule has 0 N–H and O–H groups in total. The zero-order valence-corrected chi connectivity index (χ0v) is 27.6. The third-order valence-corrected chi connectivity index (χ3v) is 11.0. The number of nitrogens with zero attached hydrogens (tertiary/aromatic N) is 2. The lowest BCUT2D eigenvalue weighted by Crippen LogP contribution is -2.25. The topological polar surface area (TPSA) is 6.48 Å². The molecule has 0 aliphatic carbocycles. The summed E-state index contributed by atoms with van der Waals surface area (Å²) < 4.78 is 0. The Morgan fingerprint density at radius 3 is 1.42 bits per heavy atom. The Labute approximate surface area is 258 Å². The van der Waals surface area contributed by atoms with Crippen molar-refractivity contribution in [3.8, 4) is 11.1 Å². The van der Waals surface area contributed by atoms with Gasteiger partial charge in [0.25, 0.3) is 0 Å². The van der Waals surface area contributed by atoms with Gasteiger partial charge in [-0.2, -0.15) is 0 Å². The summed E-state index contributed by atoms with van der Waals surface area (Å²) in [5, 5.41) is 9.33. The average Bonchev–Trinajstić information content (AvgIpc) is 2.96. The molecule has 6 rings (SSSR count). The van der Waals surface area contributed by atoms with Crippen LogP contribution in [-0.4, -0.2) is 28.2 Å². The molecule has 0 fully saturated rings. The van der Waals surface area contributed by atoms with Crippen molar-refractivity contribution < 1.29 is 0 Å². The highest BCUT2D eigenvalue weighted by molar-refractivity contribution is 7.80. The van der Waals surface area contributed by atoms with E-state index in [-0.39, 0.29) is 0 Å². The van der Waals surface area contributed by atoms with Gasteiger partial charge in [-0.15, -0.1) is 0 Å². The monoisotopic (exact) mass is 580 g/mol. The zero-order chi connectivity index (χ0) is 30.4. The first kappa shape index (κ1) is 29.0. The van der Waals surface area contributed by atoms with Crippen molar-refractivity contribution in [2.75, 3.05) is 38.0 Å². The molecule has 0 aliphatic heterocycles. The van der Waals surface area contributed by atoms with Crippen molar-refractivity contribution in [3.63, 3.8) is 0 Å². The Kier molecular flexibility index (Phi) is 7.75. The molecule has 0 saturated carbocycles. The maximum absolute atomic E-state index is 2.45. The predicted octanol–water partition coefficient (Wildman–Crippen LogP) is 8.78. The largest absolute Gasteiger partial charge is 0.377 e. The highest BCUT2D eigenvalue weighted by Gasteiger charge is 2.25. The molecule has 0 unspecified atom stereocenters. The lowest BCUT2D eigenvalue weighted by atomic mass is 9.94. The first-order chi connectivity index (χ1) is 20.7. The standard InChI is InChI=1S/C40H41N2P/c1-26-22-32(23-27(2)39(26)41(5)6)43(33-24-28(3)40(42(7)8)29(4)25-33)37-21-20-31-15-10-12-18-35(31)38(37)36-19-13-16-30-14-9-11-17-34(30)36/h9-25H,1-8H3. The van der Waals surface area contributed by atoms with Gasteiger partial charge in [0.15, 0.2) is 0 Å². The summed E-state index contributed by atoms with van der Waals surface area (Å²) in [6.45, 7) is 9.04. The van der Waals surface area contributed by atoms with Gasteiger partial charge in [0.05, 0.1) is 0 Å². The summed E-state index contributed by atoms with van der Waals surface area (Å²) in [6, 6.07) is 39.0. The second-order valence-corrected chi connectivity index (χ2v) is 14.4. The van der Waals surface area contributed by atoms with Crippen LogP contribution in [0.4, 0.5) is 11.4 Å². The summed E-state index contributed by atoms with van der Waals surface area (Å²) in [6.07, 6.45) is 0. The van der Waals surface area contributed by atoms with E-state index >= 15 is 0 Å². The smallest absolute Gasteiger partial charge is 0.0420 e. The summed E-state index contributed by atoms with van der Waals surface area (Å²) in [7, 11) is 7.70. The van der Waals surface area contributed by atoms with Crippen molar-refractivity contribution in [2.45, 2.75) is 27.7 Å². The highest BCUT2D eigenvalue weighted by atomic mass is 31.1. The van der Waals surface area contributed by atoms with E-state index in [2.05, 4.69) is 169 Å². The molecule has 216 valence electrons. The van der Waals surface area contributed by atoms with Gasteiger partial charge in [-0.25, -0.2) is 0 Å². The molecule has 3 heteroatoms. The Hall–Kier alpha value is -4.13. The van der Waals surface area contributed by atoms with E-state index in [4.69, 9.17) is 0 Å². The van der Waals surface area contributed by atoms with Crippen molar-refractivity contribution in [1.29, 1.82) is 0 Å². The minimum atomic E-state index is -0.884. The average molecular weight is 581 g/mol. The van der Waals surface area contributed by atoms with Gasteiger partial charge in [-0.1, -0.05) is 78.9 Å². The number of aryl methyl sites for hydroxylation is 4.